The van der Waals surface area contributed by atoms with E-state index in [-0.39, 0.29) is 11.5 Å². The van der Waals surface area contributed by atoms with Gasteiger partial charge in [-0.05, 0) is 0 Å². The van der Waals surface area contributed by atoms with E-state index in [1.165, 1.54) is 12.3 Å². The molecule has 0 saturated carbocycles. The topological polar surface area (TPSA) is 115 Å². The van der Waals surface area contributed by atoms with E-state index in [2.05, 4.69) is 19.6 Å². The summed E-state index contributed by atoms with van der Waals surface area (Å²) in [6.07, 6.45) is 1.23. The van der Waals surface area contributed by atoms with Gasteiger partial charge in [0.1, 0.15) is 12.0 Å². The number of carbonyl (C=O) groups excluding carboxylic acids is 1. The van der Waals surface area contributed by atoms with Crippen LogP contribution in [-0.4, -0.2) is 22.8 Å². The maximum Gasteiger partial charge on any atom is 0.415 e. The summed E-state index contributed by atoms with van der Waals surface area (Å²) in [5.41, 5.74) is 5.43. The molecular formula is C6H5FN4O3. The van der Waals surface area contributed by atoms with E-state index in [1.54, 1.807) is 0 Å². The number of amidine groups is 2. The minimum atomic E-state index is -1.53. The molecule has 0 atom stereocenters. The second-order valence-electron chi connectivity index (χ2n) is 2.09. The van der Waals surface area contributed by atoms with Gasteiger partial charge >= 0.3 is 5.97 Å². The maximum atomic E-state index is 11.3. The lowest BCUT2D eigenvalue weighted by atomic mass is 10.4. The van der Waals surface area contributed by atoms with E-state index in [9.17, 15) is 9.32 Å². The number of rotatable bonds is 1. The molecule has 1 rings (SSSR count). The second-order valence-corrected chi connectivity index (χ2v) is 2.09. The van der Waals surface area contributed by atoms with E-state index < -0.39 is 11.8 Å². The summed E-state index contributed by atoms with van der Waals surface area (Å²) in [5, 5.41) is 10.3. The average Bonchev–Trinajstić information content (AvgIpc) is 2.69. The lowest BCUT2D eigenvalue weighted by Crippen LogP contribution is -2.19. The third-order valence-corrected chi connectivity index (χ3v) is 1.20. The van der Waals surface area contributed by atoms with Crippen LogP contribution < -0.4 is 5.73 Å². The van der Waals surface area contributed by atoms with Crippen molar-refractivity contribution in [3.63, 3.8) is 0 Å². The number of nitrogens with two attached hydrogens (primary N) is 1. The molecule has 0 bridgehead atoms. The summed E-state index contributed by atoms with van der Waals surface area (Å²) in [7, 11) is 0. The van der Waals surface area contributed by atoms with Crippen molar-refractivity contribution in [1.29, 1.82) is 5.41 Å². The predicted molar refractivity (Wildman–Crippen MR) is 42.2 cm³/mol. The van der Waals surface area contributed by atoms with Gasteiger partial charge in [0.2, 0.25) is 5.84 Å². The van der Waals surface area contributed by atoms with Crippen LogP contribution in [0.4, 0.5) is 4.53 Å². The van der Waals surface area contributed by atoms with E-state index in [0.717, 1.165) is 0 Å². The third-order valence-electron chi connectivity index (χ3n) is 1.20. The van der Waals surface area contributed by atoms with Gasteiger partial charge in [-0.2, -0.15) is 0 Å². The number of nitrogens with one attached hydrogen (secondary N) is 1. The molecule has 1 aromatic rings. The molecular weight excluding hydrogens is 195 g/mol. The Labute approximate surface area is 76.8 Å². The van der Waals surface area contributed by atoms with Crippen molar-refractivity contribution in [2.24, 2.45) is 10.7 Å². The molecule has 14 heavy (non-hydrogen) atoms. The zero-order valence-corrected chi connectivity index (χ0v) is 6.73. The number of nitrogens with zero attached hydrogens (tertiary/aromatic N) is 2. The highest BCUT2D eigenvalue weighted by molar-refractivity contribution is 6.36. The molecule has 1 heterocycles. The van der Waals surface area contributed by atoms with Gasteiger partial charge in [0.05, 0.1) is 0 Å². The van der Waals surface area contributed by atoms with Gasteiger partial charge in [0, 0.05) is 10.6 Å². The number of hydrogen-bond donors (Lipinski definition) is 2. The lowest BCUT2D eigenvalue weighted by Gasteiger charge is -1.93. The minimum Gasteiger partial charge on any atom is -0.382 e. The Hall–Kier alpha value is -2.25. The van der Waals surface area contributed by atoms with E-state index in [1.807, 2.05) is 0 Å². The number of carbonyl (C=O) groups is 1. The van der Waals surface area contributed by atoms with Crippen molar-refractivity contribution in [1.82, 2.24) is 5.16 Å². The average molecular weight is 200 g/mol. The van der Waals surface area contributed by atoms with Crippen LogP contribution in [0.5, 0.6) is 0 Å². The third kappa shape index (κ3) is 2.12. The van der Waals surface area contributed by atoms with Crippen molar-refractivity contribution in [3.8, 4) is 0 Å². The Morgan fingerprint density at radius 3 is 3.00 bits per heavy atom. The monoisotopic (exact) mass is 200 g/mol. The van der Waals surface area contributed by atoms with Gasteiger partial charge in [0.25, 0.3) is 0 Å². The zero-order valence-electron chi connectivity index (χ0n) is 6.73. The van der Waals surface area contributed by atoms with Crippen molar-refractivity contribution >= 4 is 17.6 Å². The predicted octanol–water partition coefficient (Wildman–Crippen LogP) is -0.215. The molecule has 0 fully saturated rings. The molecule has 0 aliphatic heterocycles. The van der Waals surface area contributed by atoms with Crippen LogP contribution in [-0.2, 0) is 9.74 Å². The van der Waals surface area contributed by atoms with Crippen LogP contribution in [0, 0.1) is 5.41 Å². The molecule has 1 aromatic heterocycles. The molecule has 0 aromatic carbocycles. The summed E-state index contributed by atoms with van der Waals surface area (Å²) in [4.78, 5) is 16.4. The Morgan fingerprint density at radius 1 is 1.79 bits per heavy atom. The summed E-state index contributed by atoms with van der Waals surface area (Å²) in [5.74, 6) is -2.74. The minimum absolute atomic E-state index is 0.140. The Bertz CT molecular complexity index is 372. The SMILES string of the molecule is N=C(/N=C(\N)c1ccon1)C(=O)OF. The van der Waals surface area contributed by atoms with Crippen LogP contribution in [0.2, 0.25) is 0 Å². The molecule has 8 heteroatoms. The van der Waals surface area contributed by atoms with Crippen molar-refractivity contribution in [2.45, 2.75) is 0 Å². The highest BCUT2D eigenvalue weighted by Crippen LogP contribution is 1.94. The maximum absolute atomic E-state index is 11.3. The first kappa shape index (κ1) is 9.84. The Morgan fingerprint density at radius 2 is 2.50 bits per heavy atom. The second kappa shape index (κ2) is 4.12. The molecule has 0 radical (unpaired) electrons. The van der Waals surface area contributed by atoms with Gasteiger partial charge in [-0.3, -0.25) is 5.41 Å². The van der Waals surface area contributed by atoms with Gasteiger partial charge < -0.3 is 10.3 Å². The van der Waals surface area contributed by atoms with Gasteiger partial charge in [-0.15, -0.1) is 0 Å². The number of halogens is 1. The highest BCUT2D eigenvalue weighted by Gasteiger charge is 2.12. The summed E-state index contributed by atoms with van der Waals surface area (Å²) >= 11 is 0. The molecule has 0 amide bonds. The zero-order chi connectivity index (χ0) is 10.6. The van der Waals surface area contributed by atoms with Crippen LogP contribution >= 0.6 is 0 Å². The van der Waals surface area contributed by atoms with Crippen molar-refractivity contribution < 1.29 is 18.8 Å². The molecule has 7 nitrogen and oxygen atoms in total. The van der Waals surface area contributed by atoms with Crippen LogP contribution in [0.25, 0.3) is 0 Å². The molecule has 0 saturated heterocycles. The summed E-state index contributed by atoms with van der Waals surface area (Å²) in [6, 6.07) is 1.37. The van der Waals surface area contributed by atoms with E-state index in [0.29, 0.717) is 0 Å². The number of aliphatic imine (C=N–C) groups is 1. The molecule has 0 aliphatic rings. The largest absolute Gasteiger partial charge is 0.415 e. The van der Waals surface area contributed by atoms with Gasteiger partial charge in [-0.1, -0.05) is 5.16 Å². The Balaban J connectivity index is 2.79. The van der Waals surface area contributed by atoms with Crippen LogP contribution in [0.3, 0.4) is 0 Å². The fraction of sp³-hybridized carbons (Fsp3) is 0. The van der Waals surface area contributed by atoms with E-state index >= 15 is 0 Å². The molecule has 0 aliphatic carbocycles. The highest BCUT2D eigenvalue weighted by atomic mass is 19.3. The van der Waals surface area contributed by atoms with Crippen LogP contribution in [0.1, 0.15) is 5.69 Å². The lowest BCUT2D eigenvalue weighted by molar-refractivity contribution is -0.174. The first-order chi connectivity index (χ1) is 6.65. The molecule has 0 unspecified atom stereocenters. The number of aromatic nitrogens is 1. The first-order valence-electron chi connectivity index (χ1n) is 3.31. The smallest absolute Gasteiger partial charge is 0.382 e. The molecule has 0 spiro atoms. The number of hydrogen-bond acceptors (Lipinski definition) is 5. The van der Waals surface area contributed by atoms with Gasteiger partial charge in [0.15, 0.2) is 5.84 Å². The molecule has 3 N–H and O–H groups in total. The fourth-order valence-corrected chi connectivity index (χ4v) is 0.605. The normalized spacial score (nSPS) is 11.1. The standard InChI is InChI=1S/C6H5FN4O3/c7-14-6(12)5(9)10-4(8)3-1-2-13-11-3/h1-2H,(H3,8,9,10). The molecule has 74 valence electrons. The van der Waals surface area contributed by atoms with Gasteiger partial charge in [-0.25, -0.2) is 14.7 Å². The summed E-state index contributed by atoms with van der Waals surface area (Å²) < 4.78 is 15.7. The fourth-order valence-electron chi connectivity index (χ4n) is 0.605. The van der Waals surface area contributed by atoms with E-state index in [4.69, 9.17) is 11.1 Å². The first-order valence-corrected chi connectivity index (χ1v) is 3.31. The quantitative estimate of drug-likeness (QED) is 0.480. The summed E-state index contributed by atoms with van der Waals surface area (Å²) in [6.45, 7) is 0. The van der Waals surface area contributed by atoms with Crippen molar-refractivity contribution in [2.75, 3.05) is 0 Å². The van der Waals surface area contributed by atoms with Crippen molar-refractivity contribution in [3.05, 3.63) is 18.0 Å². The Kier molecular flexibility index (Phi) is 2.89. The van der Waals surface area contributed by atoms with Crippen LogP contribution in [0.15, 0.2) is 21.8 Å².